The van der Waals surface area contributed by atoms with Gasteiger partial charge in [0.1, 0.15) is 0 Å². The Morgan fingerprint density at radius 2 is 1.62 bits per heavy atom. The zero-order chi connectivity index (χ0) is 21.2. The van der Waals surface area contributed by atoms with Crippen LogP contribution in [0.3, 0.4) is 0 Å². The fourth-order valence-corrected chi connectivity index (χ4v) is 3.35. The van der Waals surface area contributed by atoms with Crippen molar-refractivity contribution in [2.45, 2.75) is 25.2 Å². The molecule has 0 aromatic heterocycles. The maximum Gasteiger partial charge on any atom is 0.272 e. The minimum atomic E-state index is -1.79. The lowest BCUT2D eigenvalue weighted by atomic mass is 9.97. The highest BCUT2D eigenvalue weighted by Gasteiger charge is 2.46. The van der Waals surface area contributed by atoms with Gasteiger partial charge in [-0.2, -0.15) is 0 Å². The van der Waals surface area contributed by atoms with Crippen LogP contribution in [-0.2, 0) is 12.2 Å². The van der Waals surface area contributed by atoms with Crippen LogP contribution < -0.4 is 28.4 Å². The first-order valence-corrected chi connectivity index (χ1v) is 9.12. The molecule has 0 fully saturated rings. The van der Waals surface area contributed by atoms with Gasteiger partial charge in [0, 0.05) is 5.56 Å². The van der Waals surface area contributed by atoms with Crippen molar-refractivity contribution < 1.29 is 33.5 Å². The standard InChI is InChI=1S/C22H26O7/c1-7-8-14-9-16(24-3)21-19(10-14)29-22(23,13(2)28-21)15-11-17(25-4)20(27-6)18(12-15)26-5/h7,9-13,23H,1,8H2,2-6H3/t13-,22-/m1/s1. The van der Waals surface area contributed by atoms with E-state index in [4.69, 9.17) is 28.4 Å². The number of allylic oxidation sites excluding steroid dienone is 1. The van der Waals surface area contributed by atoms with E-state index in [1.54, 1.807) is 38.3 Å². The third-order valence-corrected chi connectivity index (χ3v) is 4.87. The second-order valence-electron chi connectivity index (χ2n) is 6.59. The van der Waals surface area contributed by atoms with Crippen LogP contribution in [0.4, 0.5) is 0 Å². The average molecular weight is 402 g/mol. The number of benzene rings is 2. The molecule has 2 atom stereocenters. The van der Waals surface area contributed by atoms with Gasteiger partial charge in [-0.15, -0.1) is 6.58 Å². The minimum Gasteiger partial charge on any atom is -0.493 e. The predicted molar refractivity (Wildman–Crippen MR) is 108 cm³/mol. The van der Waals surface area contributed by atoms with E-state index < -0.39 is 11.9 Å². The Hall–Kier alpha value is -3.06. The molecule has 0 unspecified atom stereocenters. The van der Waals surface area contributed by atoms with E-state index in [2.05, 4.69) is 6.58 Å². The molecular formula is C22H26O7. The van der Waals surface area contributed by atoms with Crippen LogP contribution in [-0.4, -0.2) is 39.6 Å². The van der Waals surface area contributed by atoms with Crippen LogP contribution in [0.5, 0.6) is 34.5 Å². The smallest absolute Gasteiger partial charge is 0.272 e. The van der Waals surface area contributed by atoms with E-state index in [1.165, 1.54) is 21.3 Å². The minimum absolute atomic E-state index is 0.371. The normalized spacial score (nSPS) is 20.0. The van der Waals surface area contributed by atoms with E-state index in [1.807, 2.05) is 6.07 Å². The van der Waals surface area contributed by atoms with Gasteiger partial charge in [0.15, 0.2) is 29.1 Å². The molecule has 0 aliphatic carbocycles. The van der Waals surface area contributed by atoms with Crippen LogP contribution in [0, 0.1) is 0 Å². The third kappa shape index (κ3) is 3.53. The summed E-state index contributed by atoms with van der Waals surface area (Å²) in [5.74, 6) is 0.753. The fraction of sp³-hybridized carbons (Fsp3) is 0.364. The number of aliphatic hydroxyl groups is 1. The average Bonchev–Trinajstić information content (AvgIpc) is 2.73. The zero-order valence-corrected chi connectivity index (χ0v) is 17.3. The van der Waals surface area contributed by atoms with Crippen LogP contribution in [0.25, 0.3) is 0 Å². The number of hydrogen-bond donors (Lipinski definition) is 1. The number of fused-ring (bicyclic) bond motifs is 1. The molecule has 1 aliphatic heterocycles. The lowest BCUT2D eigenvalue weighted by Gasteiger charge is -2.40. The maximum absolute atomic E-state index is 11.5. The van der Waals surface area contributed by atoms with Gasteiger partial charge in [-0.25, -0.2) is 0 Å². The summed E-state index contributed by atoms with van der Waals surface area (Å²) in [6.07, 6.45) is 1.64. The molecular weight excluding hydrogens is 376 g/mol. The largest absolute Gasteiger partial charge is 0.493 e. The summed E-state index contributed by atoms with van der Waals surface area (Å²) in [5.41, 5.74) is 1.32. The number of ether oxygens (including phenoxy) is 6. The van der Waals surface area contributed by atoms with Crippen molar-refractivity contribution in [2.24, 2.45) is 0 Å². The Balaban J connectivity index is 2.12. The van der Waals surface area contributed by atoms with E-state index in [0.717, 1.165) is 5.56 Å². The Morgan fingerprint density at radius 3 is 2.14 bits per heavy atom. The summed E-state index contributed by atoms with van der Waals surface area (Å²) >= 11 is 0. The van der Waals surface area contributed by atoms with E-state index >= 15 is 0 Å². The van der Waals surface area contributed by atoms with Crippen molar-refractivity contribution in [3.05, 3.63) is 48.0 Å². The molecule has 156 valence electrons. The van der Waals surface area contributed by atoms with Gasteiger partial charge < -0.3 is 33.5 Å². The number of hydrogen-bond acceptors (Lipinski definition) is 7. The maximum atomic E-state index is 11.5. The number of methoxy groups -OCH3 is 4. The first-order valence-electron chi connectivity index (χ1n) is 9.12. The van der Waals surface area contributed by atoms with Crippen molar-refractivity contribution in [1.82, 2.24) is 0 Å². The first kappa shape index (κ1) is 20.7. The van der Waals surface area contributed by atoms with Crippen LogP contribution >= 0.6 is 0 Å². The predicted octanol–water partition coefficient (Wildman–Crippen LogP) is 3.45. The molecule has 0 amide bonds. The van der Waals surface area contributed by atoms with Crippen molar-refractivity contribution in [2.75, 3.05) is 28.4 Å². The molecule has 0 saturated heterocycles. The van der Waals surface area contributed by atoms with E-state index in [0.29, 0.717) is 46.5 Å². The van der Waals surface area contributed by atoms with Gasteiger partial charge >= 0.3 is 0 Å². The summed E-state index contributed by atoms with van der Waals surface area (Å²) < 4.78 is 33.7. The highest BCUT2D eigenvalue weighted by Crippen LogP contribution is 2.49. The van der Waals surface area contributed by atoms with Gasteiger partial charge in [-0.05, 0) is 43.2 Å². The van der Waals surface area contributed by atoms with Crippen molar-refractivity contribution in [3.63, 3.8) is 0 Å². The van der Waals surface area contributed by atoms with Crippen LogP contribution in [0.2, 0.25) is 0 Å². The van der Waals surface area contributed by atoms with E-state index in [9.17, 15) is 5.11 Å². The van der Waals surface area contributed by atoms with Gasteiger partial charge in [0.05, 0.1) is 28.4 Å². The van der Waals surface area contributed by atoms with Crippen molar-refractivity contribution in [1.29, 1.82) is 0 Å². The lowest BCUT2D eigenvalue weighted by molar-refractivity contribution is -0.217. The molecule has 0 radical (unpaired) electrons. The zero-order valence-electron chi connectivity index (χ0n) is 17.3. The summed E-state index contributed by atoms with van der Waals surface area (Å²) in [6, 6.07) is 6.93. The van der Waals surface area contributed by atoms with Crippen LogP contribution in [0.1, 0.15) is 18.1 Å². The number of rotatable bonds is 7. The van der Waals surface area contributed by atoms with E-state index in [-0.39, 0.29) is 0 Å². The molecule has 0 spiro atoms. The Labute approximate surface area is 170 Å². The summed E-state index contributed by atoms with van der Waals surface area (Å²) in [7, 11) is 6.09. The van der Waals surface area contributed by atoms with Gasteiger partial charge in [-0.1, -0.05) is 6.08 Å². The molecule has 7 nitrogen and oxygen atoms in total. The Kier molecular flexibility index (Phi) is 5.79. The molecule has 3 rings (SSSR count). The lowest BCUT2D eigenvalue weighted by Crippen LogP contribution is -2.49. The first-order chi connectivity index (χ1) is 13.9. The van der Waals surface area contributed by atoms with Crippen LogP contribution in [0.15, 0.2) is 36.9 Å². The fourth-order valence-electron chi connectivity index (χ4n) is 3.35. The van der Waals surface area contributed by atoms with Gasteiger partial charge in [-0.3, -0.25) is 0 Å². The molecule has 29 heavy (non-hydrogen) atoms. The highest BCUT2D eigenvalue weighted by molar-refractivity contribution is 5.58. The SMILES string of the molecule is C=CCc1cc(OC)c2c(c1)O[C@@](O)(c1cc(OC)c(OC)c(OC)c1)[C@@H](C)O2. The summed E-state index contributed by atoms with van der Waals surface area (Å²) in [5, 5.41) is 11.5. The second kappa shape index (κ2) is 8.13. The highest BCUT2D eigenvalue weighted by atomic mass is 16.7. The van der Waals surface area contributed by atoms with Gasteiger partial charge in [0.2, 0.25) is 11.5 Å². The molecule has 2 aromatic carbocycles. The summed E-state index contributed by atoms with van der Waals surface area (Å²) in [4.78, 5) is 0. The molecule has 7 heteroatoms. The molecule has 1 aliphatic rings. The topological polar surface area (TPSA) is 75.6 Å². The quantitative estimate of drug-likeness (QED) is 0.711. The molecule has 0 bridgehead atoms. The summed E-state index contributed by atoms with van der Waals surface area (Å²) in [6.45, 7) is 5.48. The molecule has 1 N–H and O–H groups in total. The Bertz CT molecular complexity index is 883. The molecule has 1 heterocycles. The monoisotopic (exact) mass is 402 g/mol. The Morgan fingerprint density at radius 1 is 1.00 bits per heavy atom. The molecule has 2 aromatic rings. The third-order valence-electron chi connectivity index (χ3n) is 4.87. The van der Waals surface area contributed by atoms with Crippen molar-refractivity contribution in [3.8, 4) is 34.5 Å². The van der Waals surface area contributed by atoms with Crippen molar-refractivity contribution >= 4 is 0 Å². The van der Waals surface area contributed by atoms with Gasteiger partial charge in [0.25, 0.3) is 5.79 Å². The molecule has 0 saturated carbocycles. The second-order valence-corrected chi connectivity index (χ2v) is 6.59.